The number of rotatable bonds is 6. The number of halogens is 1. The minimum atomic E-state index is -0.982. The quantitative estimate of drug-likeness (QED) is 0.298. The Morgan fingerprint density at radius 1 is 1.03 bits per heavy atom. The minimum absolute atomic E-state index is 0.227. The fraction of sp³-hybridized carbons (Fsp3) is 0.214. The summed E-state index contributed by atoms with van der Waals surface area (Å²) in [6.45, 7) is 6.13. The van der Waals surface area contributed by atoms with Crippen LogP contribution in [0.25, 0.3) is 21.9 Å². The molecule has 2 heterocycles. The van der Waals surface area contributed by atoms with Crippen LogP contribution in [0.4, 0.5) is 0 Å². The van der Waals surface area contributed by atoms with Crippen LogP contribution in [0.5, 0.6) is 0 Å². The van der Waals surface area contributed by atoms with Crippen molar-refractivity contribution in [2.75, 3.05) is 0 Å². The van der Waals surface area contributed by atoms with Gasteiger partial charge in [0.15, 0.2) is 0 Å². The number of aryl methyl sites for hydroxylation is 2. The number of fused-ring (bicyclic) bond motifs is 2. The van der Waals surface area contributed by atoms with Crippen LogP contribution in [0.1, 0.15) is 47.7 Å². The number of hydrogen-bond donors (Lipinski definition) is 2. The van der Waals surface area contributed by atoms with Crippen LogP contribution in [0.3, 0.4) is 0 Å². The fourth-order valence-corrected chi connectivity index (χ4v) is 5.42. The number of carboxylic acids is 1. The zero-order valence-corrected chi connectivity index (χ0v) is 20.5. The van der Waals surface area contributed by atoms with E-state index in [9.17, 15) is 14.7 Å². The molecule has 2 aromatic heterocycles. The number of hydrogen-bond acceptors (Lipinski definition) is 2. The van der Waals surface area contributed by atoms with Gasteiger partial charge in [0.25, 0.3) is 0 Å². The number of aromatic amines is 1. The van der Waals surface area contributed by atoms with E-state index in [0.717, 1.165) is 27.6 Å². The molecule has 35 heavy (non-hydrogen) atoms. The van der Waals surface area contributed by atoms with Gasteiger partial charge in [0, 0.05) is 27.7 Å². The Hall–Kier alpha value is -3.77. The highest BCUT2D eigenvalue weighted by Gasteiger charge is 2.27. The maximum Gasteiger partial charge on any atom is 0.330 e. The molecule has 0 radical (unpaired) electrons. The van der Waals surface area contributed by atoms with Crippen LogP contribution in [0.15, 0.2) is 71.7 Å². The van der Waals surface area contributed by atoms with E-state index in [1.54, 1.807) is 21.3 Å². The Labute approximate surface area is 207 Å². The lowest BCUT2D eigenvalue weighted by Gasteiger charge is -2.18. The summed E-state index contributed by atoms with van der Waals surface area (Å²) in [6.07, 6.45) is 1.73. The number of carboxylic acid groups (broad SMARTS) is 1. The van der Waals surface area contributed by atoms with Crippen LogP contribution in [0, 0.1) is 13.8 Å². The maximum absolute atomic E-state index is 14.1. The standard InChI is InChI=1S/C28H26ClN3O3/c1-16-11-17(2)27-21(15-30-22(27)12-16)18(3)31-23-10-9-20(29)13-25(23)32(28(31)35)24(14-26(33)34)19-7-5-4-6-8-19/h4-13,15,18,24,30H,14H2,1-3H3,(H,33,34). The van der Waals surface area contributed by atoms with E-state index in [-0.39, 0.29) is 18.2 Å². The highest BCUT2D eigenvalue weighted by atomic mass is 35.5. The average molecular weight is 488 g/mol. The Morgan fingerprint density at radius 2 is 1.77 bits per heavy atom. The van der Waals surface area contributed by atoms with Crippen molar-refractivity contribution in [2.24, 2.45) is 0 Å². The molecule has 0 aliphatic carbocycles. The molecule has 7 heteroatoms. The minimum Gasteiger partial charge on any atom is -0.481 e. The monoisotopic (exact) mass is 487 g/mol. The number of imidazole rings is 1. The predicted molar refractivity (Wildman–Crippen MR) is 140 cm³/mol. The molecule has 5 aromatic rings. The molecule has 0 spiro atoms. The van der Waals surface area contributed by atoms with Crippen LogP contribution in [-0.4, -0.2) is 25.2 Å². The summed E-state index contributed by atoms with van der Waals surface area (Å²) < 4.78 is 3.32. The Bertz CT molecular complexity index is 1630. The highest BCUT2D eigenvalue weighted by molar-refractivity contribution is 6.31. The van der Waals surface area contributed by atoms with E-state index < -0.39 is 12.0 Å². The van der Waals surface area contributed by atoms with Crippen LogP contribution < -0.4 is 5.69 Å². The Morgan fingerprint density at radius 3 is 2.49 bits per heavy atom. The van der Waals surface area contributed by atoms with Crippen LogP contribution >= 0.6 is 11.6 Å². The normalized spacial score (nSPS) is 13.4. The van der Waals surface area contributed by atoms with Crippen molar-refractivity contribution in [3.05, 3.63) is 105 Å². The predicted octanol–water partition coefficient (Wildman–Crippen LogP) is 6.23. The number of carbonyl (C=O) groups is 1. The third-order valence-corrected chi connectivity index (χ3v) is 6.96. The molecule has 6 nitrogen and oxygen atoms in total. The van der Waals surface area contributed by atoms with Crippen molar-refractivity contribution >= 4 is 39.5 Å². The number of H-pyrrole nitrogens is 1. The third-order valence-electron chi connectivity index (χ3n) is 6.72. The molecule has 3 aromatic carbocycles. The van der Waals surface area contributed by atoms with Crippen molar-refractivity contribution in [1.82, 2.24) is 14.1 Å². The topological polar surface area (TPSA) is 80.0 Å². The number of nitrogens with one attached hydrogen (secondary N) is 1. The van der Waals surface area contributed by atoms with Crippen LogP contribution in [0.2, 0.25) is 5.02 Å². The van der Waals surface area contributed by atoms with Gasteiger partial charge in [0.05, 0.1) is 29.5 Å². The van der Waals surface area contributed by atoms with Gasteiger partial charge in [-0.25, -0.2) is 4.79 Å². The second-order valence-electron chi connectivity index (χ2n) is 9.10. The first-order chi connectivity index (χ1) is 16.8. The summed E-state index contributed by atoms with van der Waals surface area (Å²) in [5.41, 5.74) is 6.12. The number of nitrogens with zero attached hydrogens (tertiary/aromatic N) is 2. The van der Waals surface area contributed by atoms with Crippen molar-refractivity contribution in [1.29, 1.82) is 0 Å². The van der Waals surface area contributed by atoms with E-state index in [0.29, 0.717) is 16.1 Å². The molecule has 0 bridgehead atoms. The zero-order valence-electron chi connectivity index (χ0n) is 19.7. The first-order valence-corrected chi connectivity index (χ1v) is 11.9. The van der Waals surface area contributed by atoms with Gasteiger partial charge in [-0.1, -0.05) is 48.0 Å². The van der Waals surface area contributed by atoms with E-state index in [2.05, 4.69) is 31.0 Å². The smallest absolute Gasteiger partial charge is 0.330 e. The molecule has 2 N–H and O–H groups in total. The maximum atomic E-state index is 14.1. The second-order valence-corrected chi connectivity index (χ2v) is 9.54. The van der Waals surface area contributed by atoms with Gasteiger partial charge in [0.2, 0.25) is 0 Å². The third kappa shape index (κ3) is 3.94. The molecule has 2 atom stereocenters. The summed E-state index contributed by atoms with van der Waals surface area (Å²) >= 11 is 6.36. The van der Waals surface area contributed by atoms with E-state index in [1.165, 1.54) is 5.56 Å². The van der Waals surface area contributed by atoms with E-state index >= 15 is 0 Å². The van der Waals surface area contributed by atoms with E-state index in [4.69, 9.17) is 11.6 Å². The number of benzene rings is 3. The van der Waals surface area contributed by atoms with Gasteiger partial charge in [-0.3, -0.25) is 13.9 Å². The molecule has 0 aliphatic heterocycles. The molecule has 0 amide bonds. The molecule has 0 saturated carbocycles. The van der Waals surface area contributed by atoms with E-state index in [1.807, 2.05) is 49.5 Å². The Balaban J connectivity index is 1.78. The largest absolute Gasteiger partial charge is 0.481 e. The van der Waals surface area contributed by atoms with Gasteiger partial charge >= 0.3 is 11.7 Å². The van der Waals surface area contributed by atoms with Gasteiger partial charge in [-0.15, -0.1) is 0 Å². The lowest BCUT2D eigenvalue weighted by molar-refractivity contribution is -0.137. The van der Waals surface area contributed by atoms with Gasteiger partial charge in [0.1, 0.15) is 0 Å². The molecular formula is C28H26ClN3O3. The number of aliphatic carboxylic acids is 1. The average Bonchev–Trinajstić information content (AvgIpc) is 3.36. The van der Waals surface area contributed by atoms with Crippen molar-refractivity contribution in [3.63, 3.8) is 0 Å². The highest BCUT2D eigenvalue weighted by Crippen LogP contribution is 2.34. The van der Waals surface area contributed by atoms with Gasteiger partial charge < -0.3 is 10.1 Å². The molecule has 178 valence electrons. The van der Waals surface area contributed by atoms with Crippen LogP contribution in [-0.2, 0) is 4.79 Å². The molecular weight excluding hydrogens is 462 g/mol. The van der Waals surface area contributed by atoms with Gasteiger partial charge in [-0.05, 0) is 61.7 Å². The Kier molecular flexibility index (Phi) is 5.77. The molecule has 0 aliphatic rings. The molecule has 2 unspecified atom stereocenters. The number of aromatic nitrogens is 3. The summed E-state index contributed by atoms with van der Waals surface area (Å²) in [7, 11) is 0. The van der Waals surface area contributed by atoms with Crippen molar-refractivity contribution < 1.29 is 9.90 Å². The summed E-state index contributed by atoms with van der Waals surface area (Å²) in [5.74, 6) is -0.982. The summed E-state index contributed by atoms with van der Waals surface area (Å²) in [4.78, 5) is 29.3. The first kappa shape index (κ1) is 23.0. The lowest BCUT2D eigenvalue weighted by Crippen LogP contribution is -2.31. The fourth-order valence-electron chi connectivity index (χ4n) is 5.25. The zero-order chi connectivity index (χ0) is 24.9. The SMILES string of the molecule is Cc1cc(C)c2c(C(C)n3c(=O)n(C(CC(=O)O)c4ccccc4)c4cc(Cl)ccc43)c[nH]c2c1. The summed E-state index contributed by atoms with van der Waals surface area (Å²) in [5, 5.41) is 11.3. The van der Waals surface area contributed by atoms with Crippen molar-refractivity contribution in [2.45, 2.75) is 39.3 Å². The van der Waals surface area contributed by atoms with Gasteiger partial charge in [-0.2, -0.15) is 0 Å². The molecule has 0 fully saturated rings. The molecule has 5 rings (SSSR count). The summed E-state index contributed by atoms with van der Waals surface area (Å²) in [6, 6.07) is 17.9. The molecule has 0 saturated heterocycles. The lowest BCUT2D eigenvalue weighted by atomic mass is 10.0. The first-order valence-electron chi connectivity index (χ1n) is 11.5. The van der Waals surface area contributed by atoms with Crippen molar-refractivity contribution in [3.8, 4) is 0 Å². The second kappa shape index (κ2) is 8.78.